The van der Waals surface area contributed by atoms with Gasteiger partial charge < -0.3 is 24.7 Å². The first-order valence-electron chi connectivity index (χ1n) is 8.98. The Morgan fingerprint density at radius 2 is 1.96 bits per heavy atom. The summed E-state index contributed by atoms with van der Waals surface area (Å²) in [6, 6.07) is 0. The van der Waals surface area contributed by atoms with Gasteiger partial charge in [-0.3, -0.25) is 4.79 Å². The average molecular weight is 391 g/mol. The number of allylic oxidation sites excluding steroid dienone is 2. The van der Waals surface area contributed by atoms with Crippen LogP contribution in [0.15, 0.2) is 11.6 Å². The summed E-state index contributed by atoms with van der Waals surface area (Å²) in [6.07, 6.45) is 1.97. The van der Waals surface area contributed by atoms with Gasteiger partial charge in [-0.25, -0.2) is 9.59 Å². The molecule has 0 atom stereocenters. The van der Waals surface area contributed by atoms with Crippen molar-refractivity contribution in [3.05, 3.63) is 33.9 Å². The van der Waals surface area contributed by atoms with Crippen molar-refractivity contribution in [3.63, 3.8) is 0 Å². The minimum absolute atomic E-state index is 0.0573. The number of nitrogens with two attached hydrogens (primary N) is 1. The van der Waals surface area contributed by atoms with Crippen LogP contribution < -0.4 is 15.2 Å². The molecule has 0 fully saturated rings. The fourth-order valence-electron chi connectivity index (χ4n) is 3.13. The van der Waals surface area contributed by atoms with Crippen molar-refractivity contribution in [2.45, 2.75) is 46.6 Å². The summed E-state index contributed by atoms with van der Waals surface area (Å²) in [5.74, 6) is -0.271. The van der Waals surface area contributed by atoms with E-state index in [4.69, 9.17) is 24.7 Å². The zero-order chi connectivity index (χ0) is 20.8. The van der Waals surface area contributed by atoms with E-state index in [0.29, 0.717) is 36.3 Å². The van der Waals surface area contributed by atoms with E-state index in [1.165, 1.54) is 7.11 Å². The lowest BCUT2D eigenvalue weighted by Crippen LogP contribution is -2.19. The van der Waals surface area contributed by atoms with Crippen LogP contribution in [0.1, 0.15) is 53.7 Å². The second-order valence-electron chi connectivity index (χ2n) is 6.38. The summed E-state index contributed by atoms with van der Waals surface area (Å²) in [5.41, 5.74) is 8.23. The average Bonchev–Trinajstić information content (AvgIpc) is 3.02. The first kappa shape index (κ1) is 21.3. The Bertz CT molecular complexity index is 827. The molecule has 28 heavy (non-hydrogen) atoms. The number of esters is 2. The second kappa shape index (κ2) is 9.25. The van der Waals surface area contributed by atoms with Crippen molar-refractivity contribution >= 4 is 18.0 Å². The molecule has 1 heterocycles. The van der Waals surface area contributed by atoms with E-state index in [2.05, 4.69) is 0 Å². The van der Waals surface area contributed by atoms with Gasteiger partial charge in [0.1, 0.15) is 17.9 Å². The van der Waals surface area contributed by atoms with Crippen LogP contribution in [0, 0.1) is 6.92 Å². The number of cyclic esters (lactones) is 1. The zero-order valence-corrected chi connectivity index (χ0v) is 16.5. The number of hydrogen-bond donors (Lipinski definition) is 1. The Hall–Kier alpha value is -3.03. The quantitative estimate of drug-likeness (QED) is 0.535. The van der Waals surface area contributed by atoms with Crippen LogP contribution in [0.5, 0.6) is 11.5 Å². The maximum atomic E-state index is 12.2. The maximum absolute atomic E-state index is 12.2. The molecule has 1 aliphatic heterocycles. The summed E-state index contributed by atoms with van der Waals surface area (Å²) in [5, 5.41) is 0. The summed E-state index contributed by atoms with van der Waals surface area (Å²) < 4.78 is 20.7. The van der Waals surface area contributed by atoms with E-state index >= 15 is 0 Å². The highest BCUT2D eigenvalue weighted by Crippen LogP contribution is 2.42. The highest BCUT2D eigenvalue weighted by Gasteiger charge is 2.33. The van der Waals surface area contributed by atoms with Gasteiger partial charge in [-0.05, 0) is 39.2 Å². The smallest absolute Gasteiger partial charge is 0.410 e. The van der Waals surface area contributed by atoms with Gasteiger partial charge in [-0.2, -0.15) is 0 Å². The number of benzene rings is 1. The van der Waals surface area contributed by atoms with Crippen LogP contribution >= 0.6 is 0 Å². The molecule has 8 nitrogen and oxygen atoms in total. The third kappa shape index (κ3) is 4.62. The highest BCUT2D eigenvalue weighted by atomic mass is 16.6. The predicted octanol–water partition coefficient (Wildman–Crippen LogP) is 2.96. The van der Waals surface area contributed by atoms with E-state index in [-0.39, 0.29) is 30.3 Å². The Morgan fingerprint density at radius 3 is 2.57 bits per heavy atom. The van der Waals surface area contributed by atoms with E-state index < -0.39 is 12.1 Å². The summed E-state index contributed by atoms with van der Waals surface area (Å²) in [7, 11) is 1.50. The molecule has 0 saturated heterocycles. The lowest BCUT2D eigenvalue weighted by Gasteiger charge is -2.18. The number of carbonyl (C=O) groups excluding carboxylic acids is 3. The molecule has 8 heteroatoms. The fraction of sp³-hybridized carbons (Fsp3) is 0.450. The van der Waals surface area contributed by atoms with Crippen molar-refractivity contribution in [3.8, 4) is 11.5 Å². The van der Waals surface area contributed by atoms with Gasteiger partial charge in [0, 0.05) is 17.5 Å². The van der Waals surface area contributed by atoms with Crippen LogP contribution in [0.3, 0.4) is 0 Å². The number of hydrogen-bond acceptors (Lipinski definition) is 7. The molecule has 152 valence electrons. The first-order chi connectivity index (χ1) is 13.3. The van der Waals surface area contributed by atoms with Crippen LogP contribution in [0.4, 0.5) is 4.79 Å². The van der Waals surface area contributed by atoms with E-state index in [9.17, 15) is 14.4 Å². The van der Waals surface area contributed by atoms with Crippen LogP contribution in [-0.4, -0.2) is 31.7 Å². The number of rotatable bonds is 8. The molecule has 0 bridgehead atoms. The van der Waals surface area contributed by atoms with Crippen molar-refractivity contribution in [2.24, 2.45) is 5.73 Å². The van der Waals surface area contributed by atoms with Crippen LogP contribution in [0.2, 0.25) is 0 Å². The highest BCUT2D eigenvalue weighted by molar-refractivity contribution is 5.99. The van der Waals surface area contributed by atoms with E-state index in [1.807, 2.05) is 19.9 Å². The molecule has 1 aliphatic rings. The van der Waals surface area contributed by atoms with Gasteiger partial charge >= 0.3 is 18.0 Å². The molecule has 1 aromatic carbocycles. The molecule has 0 unspecified atom stereocenters. The first-order valence-corrected chi connectivity index (χ1v) is 8.98. The molecule has 2 rings (SSSR count). The Labute approximate surface area is 163 Å². The number of methoxy groups -OCH3 is 1. The maximum Gasteiger partial charge on any atom is 0.410 e. The molecular weight excluding hydrogens is 366 g/mol. The van der Waals surface area contributed by atoms with Crippen molar-refractivity contribution < 1.29 is 33.3 Å². The number of carbonyl (C=O) groups is 3. The minimum Gasteiger partial charge on any atom is -0.496 e. The van der Waals surface area contributed by atoms with Crippen LogP contribution in [0.25, 0.3) is 0 Å². The molecule has 2 N–H and O–H groups in total. The minimum atomic E-state index is -1.03. The van der Waals surface area contributed by atoms with Gasteiger partial charge in [-0.1, -0.05) is 11.6 Å². The van der Waals surface area contributed by atoms with Gasteiger partial charge in [0.25, 0.3) is 0 Å². The summed E-state index contributed by atoms with van der Waals surface area (Å²) >= 11 is 0. The normalized spacial score (nSPS) is 13.0. The van der Waals surface area contributed by atoms with Crippen molar-refractivity contribution in [1.82, 2.24) is 0 Å². The SMILES string of the molecule is CCOC(=O)CC/C(C)=C/Cc1c(OC)c(C)c2c(c1OC(N)=O)C(=O)OC2. The van der Waals surface area contributed by atoms with Crippen LogP contribution in [-0.2, 0) is 27.3 Å². The molecule has 0 aromatic heterocycles. The predicted molar refractivity (Wildman–Crippen MR) is 100 cm³/mol. The molecular formula is C20H25NO7. The fourth-order valence-corrected chi connectivity index (χ4v) is 3.13. The molecule has 0 spiro atoms. The number of fused-ring (bicyclic) bond motifs is 1. The third-order valence-corrected chi connectivity index (χ3v) is 4.51. The molecule has 0 radical (unpaired) electrons. The number of amides is 1. The Morgan fingerprint density at radius 1 is 1.25 bits per heavy atom. The lowest BCUT2D eigenvalue weighted by molar-refractivity contribution is -0.143. The Balaban J connectivity index is 2.39. The summed E-state index contributed by atoms with van der Waals surface area (Å²) in [6.45, 7) is 5.88. The lowest BCUT2D eigenvalue weighted by atomic mass is 9.94. The van der Waals surface area contributed by atoms with Crippen molar-refractivity contribution in [1.29, 1.82) is 0 Å². The molecule has 1 aromatic rings. The van der Waals surface area contributed by atoms with Crippen molar-refractivity contribution in [2.75, 3.05) is 13.7 Å². The molecule has 0 saturated carbocycles. The molecule has 0 aliphatic carbocycles. The monoisotopic (exact) mass is 391 g/mol. The second-order valence-corrected chi connectivity index (χ2v) is 6.38. The standard InChI is InChI=1S/C20H25NO7/c1-5-26-15(22)9-7-11(2)6-8-13-17(25-4)12(3)14-10-27-19(23)16(14)18(13)28-20(21)24/h6H,5,7-10H2,1-4H3,(H2,21,24)/b11-6+. The van der Waals surface area contributed by atoms with Gasteiger partial charge in [0.05, 0.1) is 13.7 Å². The number of ether oxygens (including phenoxy) is 4. The van der Waals surface area contributed by atoms with E-state index in [0.717, 1.165) is 11.1 Å². The van der Waals surface area contributed by atoms with E-state index in [1.54, 1.807) is 6.92 Å². The largest absolute Gasteiger partial charge is 0.496 e. The summed E-state index contributed by atoms with van der Waals surface area (Å²) in [4.78, 5) is 35.1. The molecule has 1 amide bonds. The van der Waals surface area contributed by atoms with Gasteiger partial charge in [0.2, 0.25) is 0 Å². The third-order valence-electron chi connectivity index (χ3n) is 4.51. The number of primary amides is 1. The zero-order valence-electron chi connectivity index (χ0n) is 16.5. The van der Waals surface area contributed by atoms with Gasteiger partial charge in [-0.15, -0.1) is 0 Å². The van der Waals surface area contributed by atoms with Gasteiger partial charge in [0.15, 0.2) is 5.75 Å². The topological polar surface area (TPSA) is 114 Å². The Kier molecular flexibility index (Phi) is 7.03.